The molecule has 0 spiro atoms. The molecule has 0 aromatic carbocycles. The van der Waals surface area contributed by atoms with Gasteiger partial charge in [0.25, 0.3) is 0 Å². The molecule has 0 unspecified atom stereocenters. The maximum absolute atomic E-state index is 11.8. The van der Waals surface area contributed by atoms with Gasteiger partial charge >= 0.3 is 6.18 Å². The number of hydrogen-bond acceptors (Lipinski definition) is 4. The number of amides is 1. The topological polar surface area (TPSA) is 64.8 Å². The number of alkyl halides is 3. The summed E-state index contributed by atoms with van der Waals surface area (Å²) in [5.41, 5.74) is 5.36. The fourth-order valence-corrected chi connectivity index (χ4v) is 1.35. The van der Waals surface area contributed by atoms with Crippen LogP contribution in [0, 0.1) is 0 Å². The molecule has 114 valence electrons. The van der Waals surface area contributed by atoms with Gasteiger partial charge in [0.1, 0.15) is 6.61 Å². The minimum atomic E-state index is -4.36. The first-order valence-corrected chi connectivity index (χ1v) is 6.02. The molecule has 5 nitrogen and oxygen atoms in total. The third-order valence-corrected chi connectivity index (χ3v) is 2.28. The van der Waals surface area contributed by atoms with E-state index in [2.05, 4.69) is 4.74 Å². The van der Waals surface area contributed by atoms with Gasteiger partial charge in [0.05, 0.1) is 19.6 Å². The minimum absolute atomic E-state index is 0.0790. The van der Waals surface area contributed by atoms with E-state index in [-0.39, 0.29) is 18.9 Å². The van der Waals surface area contributed by atoms with Crippen LogP contribution in [0.1, 0.15) is 12.8 Å². The van der Waals surface area contributed by atoms with Crippen molar-refractivity contribution in [2.75, 3.05) is 46.6 Å². The third kappa shape index (κ3) is 10.7. The summed E-state index contributed by atoms with van der Waals surface area (Å²) in [4.78, 5) is 13.3. The Kier molecular flexibility index (Phi) is 9.54. The van der Waals surface area contributed by atoms with Crippen molar-refractivity contribution in [2.24, 2.45) is 5.73 Å². The number of methoxy groups -OCH3 is 1. The summed E-state index contributed by atoms with van der Waals surface area (Å²) in [7, 11) is 1.51. The molecule has 0 aliphatic carbocycles. The summed E-state index contributed by atoms with van der Waals surface area (Å²) < 4.78 is 44.7. The largest absolute Gasteiger partial charge is 0.411 e. The van der Waals surface area contributed by atoms with Crippen LogP contribution < -0.4 is 5.73 Å². The number of nitrogens with zero attached hydrogens (tertiary/aromatic N) is 1. The lowest BCUT2D eigenvalue weighted by molar-refractivity contribution is -0.175. The summed E-state index contributed by atoms with van der Waals surface area (Å²) in [5, 5.41) is 0. The molecule has 0 aromatic heterocycles. The van der Waals surface area contributed by atoms with Crippen molar-refractivity contribution in [1.82, 2.24) is 4.90 Å². The van der Waals surface area contributed by atoms with Gasteiger partial charge in [0, 0.05) is 20.2 Å². The molecule has 0 radical (unpaired) electrons. The Bertz CT molecular complexity index is 242. The van der Waals surface area contributed by atoms with E-state index in [1.54, 1.807) is 0 Å². The zero-order valence-corrected chi connectivity index (χ0v) is 11.0. The van der Waals surface area contributed by atoms with Gasteiger partial charge in [-0.3, -0.25) is 4.79 Å². The van der Waals surface area contributed by atoms with E-state index < -0.39 is 12.8 Å². The first kappa shape index (κ1) is 18.1. The highest BCUT2D eigenvalue weighted by atomic mass is 19.4. The molecule has 0 heterocycles. The second-order valence-electron chi connectivity index (χ2n) is 3.93. The molecule has 8 heteroatoms. The van der Waals surface area contributed by atoms with Crippen molar-refractivity contribution >= 4 is 5.91 Å². The van der Waals surface area contributed by atoms with Gasteiger partial charge in [-0.1, -0.05) is 0 Å². The summed E-state index contributed by atoms with van der Waals surface area (Å²) in [6.45, 7) is 0.110. The van der Waals surface area contributed by atoms with Gasteiger partial charge < -0.3 is 20.1 Å². The summed E-state index contributed by atoms with van der Waals surface area (Å²) in [6.07, 6.45) is -3.80. The second kappa shape index (κ2) is 9.99. The molecule has 0 aliphatic heterocycles. The molecule has 0 bridgehead atoms. The Morgan fingerprint density at radius 2 is 1.95 bits per heavy atom. The predicted octanol–water partition coefficient (Wildman–Crippen LogP) is 0.779. The molecule has 19 heavy (non-hydrogen) atoms. The van der Waals surface area contributed by atoms with Crippen LogP contribution in [0.15, 0.2) is 0 Å². The van der Waals surface area contributed by atoms with Gasteiger partial charge in [0.15, 0.2) is 0 Å². The molecule has 0 aromatic rings. The minimum Gasteiger partial charge on any atom is -0.383 e. The van der Waals surface area contributed by atoms with Crippen LogP contribution in [0.4, 0.5) is 13.2 Å². The van der Waals surface area contributed by atoms with Gasteiger partial charge in [-0.05, 0) is 13.0 Å². The maximum Gasteiger partial charge on any atom is 0.411 e. The highest BCUT2D eigenvalue weighted by Gasteiger charge is 2.27. The fourth-order valence-electron chi connectivity index (χ4n) is 1.35. The van der Waals surface area contributed by atoms with Crippen molar-refractivity contribution in [3.05, 3.63) is 0 Å². The molecule has 0 atom stereocenters. The highest BCUT2D eigenvalue weighted by molar-refractivity contribution is 5.76. The van der Waals surface area contributed by atoms with E-state index >= 15 is 0 Å². The standard InChI is InChI=1S/C11H21F3N2O3/c1-18-8-6-16(5-2-4-15)10(17)3-7-19-9-11(12,13)14/h2-9,15H2,1H3. The molecule has 0 fully saturated rings. The lowest BCUT2D eigenvalue weighted by atomic mass is 10.3. The monoisotopic (exact) mass is 286 g/mol. The first-order chi connectivity index (χ1) is 8.90. The molecule has 2 N–H and O–H groups in total. The smallest absolute Gasteiger partial charge is 0.383 e. The zero-order valence-electron chi connectivity index (χ0n) is 11.0. The number of nitrogens with two attached hydrogens (primary N) is 1. The quantitative estimate of drug-likeness (QED) is 0.603. The molecule has 1 amide bonds. The predicted molar refractivity (Wildman–Crippen MR) is 63.6 cm³/mol. The second-order valence-corrected chi connectivity index (χ2v) is 3.93. The number of rotatable bonds is 10. The molecular formula is C11H21F3N2O3. The van der Waals surface area contributed by atoms with Crippen LogP contribution in [0.2, 0.25) is 0 Å². The first-order valence-electron chi connectivity index (χ1n) is 6.02. The van der Waals surface area contributed by atoms with Crippen LogP contribution in [0.5, 0.6) is 0 Å². The molecule has 0 saturated carbocycles. The SMILES string of the molecule is COCCN(CCCN)C(=O)CCOCC(F)(F)F. The van der Waals surface area contributed by atoms with E-state index in [0.717, 1.165) is 0 Å². The van der Waals surface area contributed by atoms with E-state index in [1.807, 2.05) is 0 Å². The van der Waals surface area contributed by atoms with Crippen molar-refractivity contribution in [1.29, 1.82) is 0 Å². The van der Waals surface area contributed by atoms with E-state index in [1.165, 1.54) is 12.0 Å². The van der Waals surface area contributed by atoms with E-state index in [9.17, 15) is 18.0 Å². The van der Waals surface area contributed by atoms with Crippen molar-refractivity contribution in [3.8, 4) is 0 Å². The van der Waals surface area contributed by atoms with Crippen LogP contribution in [-0.4, -0.2) is 63.5 Å². The lowest BCUT2D eigenvalue weighted by Crippen LogP contribution is -2.36. The fraction of sp³-hybridized carbons (Fsp3) is 0.909. The van der Waals surface area contributed by atoms with Crippen molar-refractivity contribution < 1.29 is 27.4 Å². The number of halogens is 3. The Morgan fingerprint density at radius 3 is 2.47 bits per heavy atom. The number of hydrogen-bond donors (Lipinski definition) is 1. The number of carbonyl (C=O) groups is 1. The molecule has 0 rings (SSSR count). The van der Waals surface area contributed by atoms with Gasteiger partial charge in [0.2, 0.25) is 5.91 Å². The highest BCUT2D eigenvalue weighted by Crippen LogP contribution is 2.14. The third-order valence-electron chi connectivity index (χ3n) is 2.28. The lowest BCUT2D eigenvalue weighted by Gasteiger charge is -2.22. The Hall–Kier alpha value is -0.860. The Balaban J connectivity index is 3.95. The van der Waals surface area contributed by atoms with Crippen LogP contribution in [0.3, 0.4) is 0 Å². The maximum atomic E-state index is 11.8. The average molecular weight is 286 g/mol. The Labute approximate surface area is 110 Å². The zero-order chi connectivity index (χ0) is 14.7. The van der Waals surface area contributed by atoms with Crippen LogP contribution in [0.25, 0.3) is 0 Å². The average Bonchev–Trinajstić information content (AvgIpc) is 2.33. The molecule has 0 aliphatic rings. The van der Waals surface area contributed by atoms with Crippen molar-refractivity contribution in [2.45, 2.75) is 19.0 Å². The van der Waals surface area contributed by atoms with E-state index in [4.69, 9.17) is 10.5 Å². The summed E-state index contributed by atoms with van der Waals surface area (Å²) in [6, 6.07) is 0. The normalized spacial score (nSPS) is 11.6. The number of carbonyl (C=O) groups excluding carboxylic acids is 1. The Morgan fingerprint density at radius 1 is 1.26 bits per heavy atom. The van der Waals surface area contributed by atoms with Gasteiger partial charge in [-0.15, -0.1) is 0 Å². The molecular weight excluding hydrogens is 265 g/mol. The van der Waals surface area contributed by atoms with Gasteiger partial charge in [-0.25, -0.2) is 0 Å². The summed E-state index contributed by atoms with van der Waals surface area (Å²) in [5.74, 6) is -0.257. The van der Waals surface area contributed by atoms with Gasteiger partial charge in [-0.2, -0.15) is 13.2 Å². The van der Waals surface area contributed by atoms with E-state index in [0.29, 0.717) is 32.7 Å². The van der Waals surface area contributed by atoms with Crippen molar-refractivity contribution in [3.63, 3.8) is 0 Å². The summed E-state index contributed by atoms with van der Waals surface area (Å²) >= 11 is 0. The van der Waals surface area contributed by atoms with Crippen LogP contribution >= 0.6 is 0 Å². The van der Waals surface area contributed by atoms with Crippen LogP contribution in [-0.2, 0) is 14.3 Å². The number of ether oxygens (including phenoxy) is 2. The molecule has 0 saturated heterocycles.